The summed E-state index contributed by atoms with van der Waals surface area (Å²) in [6, 6.07) is 6.72. The van der Waals surface area contributed by atoms with Crippen molar-refractivity contribution < 1.29 is 14.7 Å². The van der Waals surface area contributed by atoms with Crippen LogP contribution in [0.5, 0.6) is 0 Å². The van der Waals surface area contributed by atoms with Gasteiger partial charge in [-0.15, -0.1) is 0 Å². The molecule has 0 unspecified atom stereocenters. The van der Waals surface area contributed by atoms with Crippen LogP contribution in [-0.4, -0.2) is 31.9 Å². The van der Waals surface area contributed by atoms with Crippen molar-refractivity contribution in [3.8, 4) is 0 Å². The van der Waals surface area contributed by atoms with Crippen molar-refractivity contribution >= 4 is 28.5 Å². The molecule has 0 aliphatic carbocycles. The molecule has 21 heavy (non-hydrogen) atoms. The van der Waals surface area contributed by atoms with Crippen LogP contribution in [0.15, 0.2) is 49.1 Å². The minimum atomic E-state index is -1.06. The summed E-state index contributed by atoms with van der Waals surface area (Å²) >= 11 is 0. The van der Waals surface area contributed by atoms with Gasteiger partial charge in [-0.1, -0.05) is 6.07 Å². The van der Waals surface area contributed by atoms with Gasteiger partial charge >= 0.3 is 6.09 Å². The lowest BCUT2D eigenvalue weighted by Crippen LogP contribution is -2.12. The third kappa shape index (κ3) is 2.57. The maximum Gasteiger partial charge on any atom is 0.415 e. The molecule has 0 bridgehead atoms. The summed E-state index contributed by atoms with van der Waals surface area (Å²) in [6.45, 7) is 0. The fourth-order valence-electron chi connectivity index (χ4n) is 1.96. The Labute approximate surface area is 118 Å². The Bertz CT molecular complexity index is 827. The number of carbonyl (C=O) groups excluding carboxylic acids is 1. The topological polar surface area (TPSA) is 97.1 Å². The van der Waals surface area contributed by atoms with Crippen LogP contribution in [0.3, 0.4) is 0 Å². The van der Waals surface area contributed by atoms with Gasteiger partial charge in [0.2, 0.25) is 0 Å². The van der Waals surface area contributed by atoms with Gasteiger partial charge in [-0.3, -0.25) is 9.36 Å². The zero-order valence-corrected chi connectivity index (χ0v) is 10.7. The quantitative estimate of drug-likeness (QED) is 0.751. The van der Waals surface area contributed by atoms with E-state index in [1.807, 2.05) is 0 Å². The SMILES string of the molecule is O=C(Nc1ccc2cn(C(=O)O)cc2c1)c1ccnnc1. The molecule has 0 aliphatic heterocycles. The summed E-state index contributed by atoms with van der Waals surface area (Å²) < 4.78 is 1.07. The molecule has 1 aromatic carbocycles. The van der Waals surface area contributed by atoms with E-state index >= 15 is 0 Å². The highest BCUT2D eigenvalue weighted by Gasteiger charge is 2.08. The van der Waals surface area contributed by atoms with E-state index in [4.69, 9.17) is 5.11 Å². The lowest BCUT2D eigenvalue weighted by molar-refractivity contribution is 0.102. The third-order valence-corrected chi connectivity index (χ3v) is 2.97. The normalized spacial score (nSPS) is 10.5. The Morgan fingerprint density at radius 3 is 2.62 bits per heavy atom. The highest BCUT2D eigenvalue weighted by atomic mass is 16.4. The average molecular weight is 282 g/mol. The second-order valence-electron chi connectivity index (χ2n) is 4.38. The first-order chi connectivity index (χ1) is 10.1. The number of hydrogen-bond acceptors (Lipinski definition) is 4. The highest BCUT2D eigenvalue weighted by molar-refractivity contribution is 6.05. The van der Waals surface area contributed by atoms with Gasteiger partial charge in [0.1, 0.15) is 0 Å². The Kier molecular flexibility index (Phi) is 3.07. The van der Waals surface area contributed by atoms with E-state index in [9.17, 15) is 9.59 Å². The lowest BCUT2D eigenvalue weighted by atomic mass is 10.2. The Morgan fingerprint density at radius 1 is 1.10 bits per heavy atom. The van der Waals surface area contributed by atoms with E-state index in [1.165, 1.54) is 24.8 Å². The first kappa shape index (κ1) is 12.8. The lowest BCUT2D eigenvalue weighted by Gasteiger charge is -2.04. The Balaban J connectivity index is 1.87. The Morgan fingerprint density at radius 2 is 1.90 bits per heavy atom. The number of benzene rings is 1. The van der Waals surface area contributed by atoms with Crippen molar-refractivity contribution in [3.63, 3.8) is 0 Å². The molecular weight excluding hydrogens is 272 g/mol. The van der Waals surface area contributed by atoms with Crippen LogP contribution in [0.4, 0.5) is 10.5 Å². The van der Waals surface area contributed by atoms with Gasteiger partial charge in [0.05, 0.1) is 18.0 Å². The number of nitrogens with zero attached hydrogens (tertiary/aromatic N) is 3. The van der Waals surface area contributed by atoms with Gasteiger partial charge in [-0.2, -0.15) is 10.2 Å². The maximum absolute atomic E-state index is 12.0. The van der Waals surface area contributed by atoms with Gasteiger partial charge in [0, 0.05) is 28.9 Å². The van der Waals surface area contributed by atoms with Crippen molar-refractivity contribution in [1.29, 1.82) is 0 Å². The van der Waals surface area contributed by atoms with Crippen molar-refractivity contribution in [2.75, 3.05) is 5.32 Å². The molecule has 2 aromatic heterocycles. The molecule has 2 heterocycles. The zero-order chi connectivity index (χ0) is 14.8. The van der Waals surface area contributed by atoms with E-state index in [0.29, 0.717) is 11.3 Å². The van der Waals surface area contributed by atoms with Crippen LogP contribution in [-0.2, 0) is 0 Å². The summed E-state index contributed by atoms with van der Waals surface area (Å²) in [7, 11) is 0. The van der Waals surface area contributed by atoms with Gasteiger partial charge in [0.25, 0.3) is 5.91 Å². The molecule has 0 atom stereocenters. The van der Waals surface area contributed by atoms with E-state index in [1.54, 1.807) is 24.3 Å². The number of amides is 1. The average Bonchev–Trinajstić information content (AvgIpc) is 2.91. The summed E-state index contributed by atoms with van der Waals surface area (Å²) in [5.74, 6) is -0.304. The van der Waals surface area contributed by atoms with E-state index in [-0.39, 0.29) is 5.91 Å². The fraction of sp³-hybridized carbons (Fsp3) is 0. The molecule has 0 saturated heterocycles. The van der Waals surface area contributed by atoms with Crippen molar-refractivity contribution in [2.24, 2.45) is 0 Å². The van der Waals surface area contributed by atoms with E-state index in [0.717, 1.165) is 15.3 Å². The van der Waals surface area contributed by atoms with Crippen LogP contribution in [0, 0.1) is 0 Å². The molecule has 1 amide bonds. The molecule has 0 fully saturated rings. The Hall–Kier alpha value is -3.22. The second-order valence-corrected chi connectivity index (χ2v) is 4.38. The highest BCUT2D eigenvalue weighted by Crippen LogP contribution is 2.20. The smallest absolute Gasteiger partial charge is 0.415 e. The van der Waals surface area contributed by atoms with Gasteiger partial charge in [-0.25, -0.2) is 4.79 Å². The van der Waals surface area contributed by atoms with Crippen molar-refractivity contribution in [2.45, 2.75) is 0 Å². The predicted molar refractivity (Wildman–Crippen MR) is 75.3 cm³/mol. The van der Waals surface area contributed by atoms with Gasteiger partial charge in [-0.05, 0) is 18.2 Å². The first-order valence-electron chi connectivity index (χ1n) is 6.06. The van der Waals surface area contributed by atoms with Crippen LogP contribution >= 0.6 is 0 Å². The number of carbonyl (C=O) groups is 2. The molecular formula is C14H10N4O3. The molecule has 0 saturated carbocycles. The number of rotatable bonds is 2. The monoisotopic (exact) mass is 282 g/mol. The van der Waals surface area contributed by atoms with Gasteiger partial charge in [0.15, 0.2) is 0 Å². The fourth-order valence-corrected chi connectivity index (χ4v) is 1.96. The molecule has 104 valence electrons. The van der Waals surface area contributed by atoms with Crippen LogP contribution in [0.2, 0.25) is 0 Å². The number of nitrogens with one attached hydrogen (secondary N) is 1. The largest absolute Gasteiger partial charge is 0.464 e. The van der Waals surface area contributed by atoms with E-state index in [2.05, 4.69) is 15.5 Å². The second kappa shape index (κ2) is 5.04. The minimum Gasteiger partial charge on any atom is -0.464 e. The number of aromatic nitrogens is 3. The first-order valence-corrected chi connectivity index (χ1v) is 6.06. The molecule has 2 N–H and O–H groups in total. The number of carboxylic acid groups (broad SMARTS) is 1. The number of hydrogen-bond donors (Lipinski definition) is 2. The standard InChI is InChI=1S/C14H10N4O3/c19-13(9-3-4-15-16-6-9)17-12-2-1-10-7-18(14(20)21)8-11(10)5-12/h1-8H,(H,17,19)(H,20,21). The molecule has 7 nitrogen and oxygen atoms in total. The van der Waals surface area contributed by atoms with Gasteiger partial charge < -0.3 is 10.4 Å². The molecule has 0 spiro atoms. The van der Waals surface area contributed by atoms with Crippen molar-refractivity contribution in [1.82, 2.24) is 14.8 Å². The zero-order valence-electron chi connectivity index (χ0n) is 10.7. The molecule has 3 rings (SSSR count). The van der Waals surface area contributed by atoms with E-state index < -0.39 is 6.09 Å². The maximum atomic E-state index is 12.0. The number of anilines is 1. The summed E-state index contributed by atoms with van der Waals surface area (Å²) in [6.07, 6.45) is 4.75. The van der Waals surface area contributed by atoms with Crippen LogP contribution in [0.1, 0.15) is 10.4 Å². The molecule has 3 aromatic rings. The minimum absolute atomic E-state index is 0.304. The summed E-state index contributed by atoms with van der Waals surface area (Å²) in [5.41, 5.74) is 0.973. The number of fused-ring (bicyclic) bond motifs is 1. The van der Waals surface area contributed by atoms with Crippen LogP contribution in [0.25, 0.3) is 10.8 Å². The molecule has 0 aliphatic rings. The molecule has 7 heteroatoms. The molecule has 0 radical (unpaired) electrons. The summed E-state index contributed by atoms with van der Waals surface area (Å²) in [5, 5.41) is 20.4. The predicted octanol–water partition coefficient (Wildman–Crippen LogP) is 2.21. The summed E-state index contributed by atoms with van der Waals surface area (Å²) in [4.78, 5) is 22.9. The van der Waals surface area contributed by atoms with Crippen molar-refractivity contribution in [3.05, 3.63) is 54.6 Å². The van der Waals surface area contributed by atoms with Crippen LogP contribution < -0.4 is 5.32 Å². The third-order valence-electron chi connectivity index (χ3n) is 2.97.